The van der Waals surface area contributed by atoms with Gasteiger partial charge in [-0.1, -0.05) is 35.7 Å². The second-order valence-electron chi connectivity index (χ2n) is 4.16. The highest BCUT2D eigenvalue weighted by atomic mass is 19.1. The van der Waals surface area contributed by atoms with Crippen LogP contribution in [-0.2, 0) is 0 Å². The van der Waals surface area contributed by atoms with Crippen molar-refractivity contribution in [2.75, 3.05) is 0 Å². The monoisotopic (exact) mass is 224 g/mol. The van der Waals surface area contributed by atoms with E-state index in [1.54, 1.807) is 12.1 Å². The van der Waals surface area contributed by atoms with E-state index >= 15 is 0 Å². The van der Waals surface area contributed by atoms with Crippen molar-refractivity contribution in [2.24, 2.45) is 0 Å². The summed E-state index contributed by atoms with van der Waals surface area (Å²) in [5.41, 5.74) is 5.05. The summed E-state index contributed by atoms with van der Waals surface area (Å²) in [6.07, 6.45) is 5.54. The fourth-order valence-corrected chi connectivity index (χ4v) is 2.02. The molecule has 1 heteroatoms. The Morgan fingerprint density at radius 2 is 1.71 bits per heavy atom. The summed E-state index contributed by atoms with van der Waals surface area (Å²) >= 11 is 0. The molecule has 0 saturated carbocycles. The minimum Gasteiger partial charge on any atom is -0.207 e. The highest BCUT2D eigenvalue weighted by Gasteiger charge is 2.07. The van der Waals surface area contributed by atoms with E-state index in [4.69, 9.17) is 6.42 Å². The Hall–Kier alpha value is -2.07. The van der Waals surface area contributed by atoms with Gasteiger partial charge in [-0.25, -0.2) is 4.39 Å². The van der Waals surface area contributed by atoms with E-state index in [-0.39, 0.29) is 5.82 Å². The Labute approximate surface area is 101 Å². The number of hydrogen-bond donors (Lipinski definition) is 0. The van der Waals surface area contributed by atoms with Crippen LogP contribution < -0.4 is 0 Å². The van der Waals surface area contributed by atoms with Crippen LogP contribution >= 0.6 is 0 Å². The highest BCUT2D eigenvalue weighted by molar-refractivity contribution is 5.73. The summed E-state index contributed by atoms with van der Waals surface area (Å²) in [4.78, 5) is 0. The summed E-state index contributed by atoms with van der Waals surface area (Å²) in [5.74, 6) is 2.47. The number of hydrogen-bond acceptors (Lipinski definition) is 0. The van der Waals surface area contributed by atoms with E-state index in [1.165, 1.54) is 12.1 Å². The Bertz CT molecular complexity index is 586. The molecule has 2 aromatic rings. The smallest absolute Gasteiger partial charge is 0.123 e. The van der Waals surface area contributed by atoms with Crippen LogP contribution in [0.15, 0.2) is 36.4 Å². The van der Waals surface area contributed by atoms with Gasteiger partial charge in [0.05, 0.1) is 0 Å². The van der Waals surface area contributed by atoms with Gasteiger partial charge in [0.25, 0.3) is 0 Å². The van der Waals surface area contributed by atoms with Gasteiger partial charge in [-0.2, -0.15) is 0 Å². The standard InChI is InChI=1S/C16H13F/c1-4-15-12(3)9-11(2)10-16(15)13-5-7-14(17)8-6-13/h1,5-10H,2-3H3. The van der Waals surface area contributed by atoms with Gasteiger partial charge in [0.15, 0.2) is 0 Å². The molecule has 2 rings (SSSR count). The van der Waals surface area contributed by atoms with E-state index < -0.39 is 0 Å². The second kappa shape index (κ2) is 4.43. The van der Waals surface area contributed by atoms with Crippen molar-refractivity contribution in [1.29, 1.82) is 0 Å². The zero-order chi connectivity index (χ0) is 12.4. The highest BCUT2D eigenvalue weighted by Crippen LogP contribution is 2.27. The zero-order valence-electron chi connectivity index (χ0n) is 9.92. The Morgan fingerprint density at radius 1 is 1.06 bits per heavy atom. The van der Waals surface area contributed by atoms with E-state index in [2.05, 4.69) is 12.0 Å². The topological polar surface area (TPSA) is 0 Å². The van der Waals surface area contributed by atoms with Crippen LogP contribution in [0.25, 0.3) is 11.1 Å². The van der Waals surface area contributed by atoms with Crippen LogP contribution in [0.4, 0.5) is 4.39 Å². The lowest BCUT2D eigenvalue weighted by Crippen LogP contribution is -1.91. The summed E-state index contributed by atoms with van der Waals surface area (Å²) in [7, 11) is 0. The molecule has 17 heavy (non-hydrogen) atoms. The van der Waals surface area contributed by atoms with Crippen LogP contribution in [-0.4, -0.2) is 0 Å². The number of halogens is 1. The van der Waals surface area contributed by atoms with Crippen molar-refractivity contribution in [3.05, 3.63) is 58.9 Å². The third kappa shape index (κ3) is 2.21. The van der Waals surface area contributed by atoms with E-state index in [1.807, 2.05) is 19.9 Å². The third-order valence-electron chi connectivity index (χ3n) is 2.78. The number of benzene rings is 2. The molecule has 2 aromatic carbocycles. The molecule has 0 unspecified atom stereocenters. The molecule has 0 spiro atoms. The summed E-state index contributed by atoms with van der Waals surface area (Å²) in [6.45, 7) is 4.02. The Kier molecular flexibility index (Phi) is 2.97. The fourth-order valence-electron chi connectivity index (χ4n) is 2.02. The lowest BCUT2D eigenvalue weighted by Gasteiger charge is -2.09. The number of aryl methyl sites for hydroxylation is 2. The maximum absolute atomic E-state index is 12.9. The predicted octanol–water partition coefficient (Wildman–Crippen LogP) is 4.09. The summed E-state index contributed by atoms with van der Waals surface area (Å²) < 4.78 is 12.9. The third-order valence-corrected chi connectivity index (χ3v) is 2.78. The Balaban J connectivity index is 2.66. The van der Waals surface area contributed by atoms with Crippen LogP contribution in [0, 0.1) is 32.0 Å². The lowest BCUT2D eigenvalue weighted by atomic mass is 9.94. The van der Waals surface area contributed by atoms with Gasteiger partial charge in [0, 0.05) is 5.56 Å². The van der Waals surface area contributed by atoms with Crippen molar-refractivity contribution in [3.63, 3.8) is 0 Å². The molecule has 0 aliphatic rings. The molecule has 0 radical (unpaired) electrons. The molecule has 0 saturated heterocycles. The largest absolute Gasteiger partial charge is 0.207 e. The molecule has 0 fully saturated rings. The van der Waals surface area contributed by atoms with E-state index in [9.17, 15) is 4.39 Å². The van der Waals surface area contributed by atoms with Crippen molar-refractivity contribution in [3.8, 4) is 23.5 Å². The lowest BCUT2D eigenvalue weighted by molar-refractivity contribution is 0.628. The second-order valence-corrected chi connectivity index (χ2v) is 4.16. The van der Waals surface area contributed by atoms with Crippen molar-refractivity contribution < 1.29 is 4.39 Å². The molecule has 0 N–H and O–H groups in total. The molecular weight excluding hydrogens is 211 g/mol. The molecule has 0 bridgehead atoms. The average Bonchev–Trinajstić information content (AvgIpc) is 2.29. The number of terminal acetylenes is 1. The molecule has 0 aliphatic carbocycles. The molecule has 0 aliphatic heterocycles. The average molecular weight is 224 g/mol. The minimum atomic E-state index is -0.236. The molecule has 0 aromatic heterocycles. The van der Waals surface area contributed by atoms with Crippen molar-refractivity contribution in [2.45, 2.75) is 13.8 Å². The van der Waals surface area contributed by atoms with Gasteiger partial charge >= 0.3 is 0 Å². The van der Waals surface area contributed by atoms with Gasteiger partial charge in [0.1, 0.15) is 5.82 Å². The first-order valence-electron chi connectivity index (χ1n) is 5.45. The Morgan fingerprint density at radius 3 is 2.29 bits per heavy atom. The summed E-state index contributed by atoms with van der Waals surface area (Å²) in [6, 6.07) is 10.5. The van der Waals surface area contributed by atoms with Gasteiger partial charge in [-0.3, -0.25) is 0 Å². The first-order valence-corrected chi connectivity index (χ1v) is 5.45. The van der Waals surface area contributed by atoms with Crippen LogP contribution in [0.5, 0.6) is 0 Å². The van der Waals surface area contributed by atoms with Gasteiger partial charge in [-0.05, 0) is 42.7 Å². The molecule has 84 valence electrons. The van der Waals surface area contributed by atoms with Crippen LogP contribution in [0.2, 0.25) is 0 Å². The SMILES string of the molecule is C#Cc1c(C)cc(C)cc1-c1ccc(F)cc1. The van der Waals surface area contributed by atoms with Crippen molar-refractivity contribution in [1.82, 2.24) is 0 Å². The fraction of sp³-hybridized carbons (Fsp3) is 0.125. The summed E-state index contributed by atoms with van der Waals surface area (Å²) in [5, 5.41) is 0. The maximum Gasteiger partial charge on any atom is 0.123 e. The van der Waals surface area contributed by atoms with Gasteiger partial charge in [0.2, 0.25) is 0 Å². The van der Waals surface area contributed by atoms with Crippen LogP contribution in [0.3, 0.4) is 0 Å². The number of rotatable bonds is 1. The molecule has 0 nitrogen and oxygen atoms in total. The van der Waals surface area contributed by atoms with Gasteiger partial charge < -0.3 is 0 Å². The molecule has 0 heterocycles. The van der Waals surface area contributed by atoms with E-state index in [0.29, 0.717) is 0 Å². The van der Waals surface area contributed by atoms with Crippen molar-refractivity contribution >= 4 is 0 Å². The molecular formula is C16H13F. The quantitative estimate of drug-likeness (QED) is 0.640. The first-order chi connectivity index (χ1) is 8.11. The normalized spacial score (nSPS) is 10.0. The first kappa shape index (κ1) is 11.4. The molecule has 0 amide bonds. The maximum atomic E-state index is 12.9. The van der Waals surface area contributed by atoms with E-state index in [0.717, 1.165) is 27.8 Å². The van der Waals surface area contributed by atoms with Crippen LogP contribution in [0.1, 0.15) is 16.7 Å². The minimum absolute atomic E-state index is 0.236. The van der Waals surface area contributed by atoms with Gasteiger partial charge in [-0.15, -0.1) is 6.42 Å². The predicted molar refractivity (Wildman–Crippen MR) is 69.2 cm³/mol. The zero-order valence-corrected chi connectivity index (χ0v) is 9.92. The molecule has 0 atom stereocenters.